The number of hydrogen-bond donors (Lipinski definition) is 3. The maximum Gasteiger partial charge on any atom is 0.261 e. The number of alkyl halides is 2. The van der Waals surface area contributed by atoms with E-state index in [4.69, 9.17) is 5.73 Å². The number of aromatic nitrogens is 1. The number of ether oxygens (including phenoxy) is 1. The topological polar surface area (TPSA) is 80.1 Å². The zero-order valence-corrected chi connectivity index (χ0v) is 10.7. The predicted octanol–water partition coefficient (Wildman–Crippen LogP) is 1.76. The molecule has 0 aliphatic heterocycles. The van der Waals surface area contributed by atoms with Gasteiger partial charge in [0.2, 0.25) is 0 Å². The van der Waals surface area contributed by atoms with E-state index in [0.717, 1.165) is 10.9 Å². The van der Waals surface area contributed by atoms with E-state index >= 15 is 0 Å². The highest BCUT2D eigenvalue weighted by Gasteiger charge is 2.11. The van der Waals surface area contributed by atoms with E-state index in [2.05, 4.69) is 15.0 Å². The molecule has 1 heterocycles. The standard InChI is InChI=1S/C13H15F2N3O2/c14-12(15)7-20-4-3-17-13(19)10-6-18-11-2-1-8(16)5-9(10)11/h1-2,5-6,12,18H,3-4,7,16H2,(H,17,19). The van der Waals surface area contributed by atoms with Crippen LogP contribution in [0.15, 0.2) is 24.4 Å². The number of aromatic amines is 1. The summed E-state index contributed by atoms with van der Waals surface area (Å²) in [5.74, 6) is -0.303. The molecular weight excluding hydrogens is 268 g/mol. The molecule has 0 aliphatic rings. The minimum atomic E-state index is -2.50. The molecule has 1 amide bonds. The van der Waals surface area contributed by atoms with E-state index in [-0.39, 0.29) is 19.1 Å². The molecule has 0 unspecified atom stereocenters. The first-order valence-corrected chi connectivity index (χ1v) is 6.08. The maximum absolute atomic E-state index is 12.0. The molecule has 4 N–H and O–H groups in total. The van der Waals surface area contributed by atoms with Gasteiger partial charge in [-0.15, -0.1) is 0 Å². The Morgan fingerprint density at radius 3 is 3.00 bits per heavy atom. The smallest absolute Gasteiger partial charge is 0.261 e. The van der Waals surface area contributed by atoms with Crippen LogP contribution < -0.4 is 11.1 Å². The van der Waals surface area contributed by atoms with E-state index in [0.29, 0.717) is 11.3 Å². The van der Waals surface area contributed by atoms with Crippen LogP contribution in [0.3, 0.4) is 0 Å². The first kappa shape index (κ1) is 14.3. The largest absolute Gasteiger partial charge is 0.399 e. The van der Waals surface area contributed by atoms with Crippen molar-refractivity contribution in [2.24, 2.45) is 0 Å². The molecule has 1 aromatic carbocycles. The minimum absolute atomic E-state index is 0.0422. The Hall–Kier alpha value is -2.15. The molecule has 0 spiro atoms. The van der Waals surface area contributed by atoms with Crippen LogP contribution in [0.2, 0.25) is 0 Å². The van der Waals surface area contributed by atoms with Crippen LogP contribution in [0.25, 0.3) is 10.9 Å². The number of carbonyl (C=O) groups is 1. The van der Waals surface area contributed by atoms with Crippen LogP contribution in [-0.2, 0) is 4.74 Å². The molecule has 0 saturated heterocycles. The zero-order chi connectivity index (χ0) is 14.5. The summed E-state index contributed by atoms with van der Waals surface area (Å²) in [6.07, 6.45) is -0.915. The van der Waals surface area contributed by atoms with Crippen molar-refractivity contribution in [2.45, 2.75) is 6.43 Å². The van der Waals surface area contributed by atoms with Crippen LogP contribution >= 0.6 is 0 Å². The Bertz CT molecular complexity index is 598. The highest BCUT2D eigenvalue weighted by atomic mass is 19.3. The number of halogens is 2. The Kier molecular flexibility index (Phi) is 4.52. The fourth-order valence-electron chi connectivity index (χ4n) is 1.83. The third kappa shape index (κ3) is 3.45. The van der Waals surface area contributed by atoms with E-state index in [9.17, 15) is 13.6 Å². The van der Waals surface area contributed by atoms with Crippen LogP contribution in [0.5, 0.6) is 0 Å². The average Bonchev–Trinajstić information content (AvgIpc) is 2.80. The number of fused-ring (bicyclic) bond motifs is 1. The number of benzene rings is 1. The lowest BCUT2D eigenvalue weighted by Gasteiger charge is -2.05. The fraction of sp³-hybridized carbons (Fsp3) is 0.308. The van der Waals surface area contributed by atoms with E-state index in [1.807, 2.05) is 0 Å². The SMILES string of the molecule is Nc1ccc2[nH]cc(C(=O)NCCOCC(F)F)c2c1. The minimum Gasteiger partial charge on any atom is -0.399 e. The van der Waals surface area contributed by atoms with Crippen molar-refractivity contribution in [1.29, 1.82) is 0 Å². The van der Waals surface area contributed by atoms with Crippen LogP contribution in [0.4, 0.5) is 14.5 Å². The summed E-state index contributed by atoms with van der Waals surface area (Å²) in [5, 5.41) is 3.32. The summed E-state index contributed by atoms with van der Waals surface area (Å²) in [6.45, 7) is -0.416. The molecule has 0 radical (unpaired) electrons. The van der Waals surface area contributed by atoms with Gasteiger partial charge in [-0.3, -0.25) is 4.79 Å². The summed E-state index contributed by atoms with van der Waals surface area (Å²) in [4.78, 5) is 14.9. The molecule has 0 bridgehead atoms. The fourth-order valence-corrected chi connectivity index (χ4v) is 1.83. The molecule has 0 saturated carbocycles. The number of hydrogen-bond acceptors (Lipinski definition) is 3. The van der Waals surface area contributed by atoms with E-state index in [1.54, 1.807) is 24.4 Å². The molecule has 1 aromatic heterocycles. The summed E-state index contributed by atoms with van der Waals surface area (Å²) in [5.41, 5.74) is 7.51. The highest BCUT2D eigenvalue weighted by Crippen LogP contribution is 2.20. The van der Waals surface area contributed by atoms with Crippen LogP contribution in [-0.4, -0.2) is 37.1 Å². The first-order valence-electron chi connectivity index (χ1n) is 6.08. The molecular formula is C13H15F2N3O2. The Morgan fingerprint density at radius 1 is 1.45 bits per heavy atom. The van der Waals surface area contributed by atoms with E-state index < -0.39 is 13.0 Å². The number of carbonyl (C=O) groups excluding carboxylic acids is 1. The molecule has 0 atom stereocenters. The van der Waals surface area contributed by atoms with Crippen molar-refractivity contribution >= 4 is 22.5 Å². The second-order valence-corrected chi connectivity index (χ2v) is 4.23. The van der Waals surface area contributed by atoms with Crippen molar-refractivity contribution in [3.8, 4) is 0 Å². The molecule has 20 heavy (non-hydrogen) atoms. The Morgan fingerprint density at radius 2 is 2.25 bits per heavy atom. The second kappa shape index (κ2) is 6.33. The summed E-state index contributed by atoms with van der Waals surface area (Å²) < 4.78 is 28.3. The summed E-state index contributed by atoms with van der Waals surface area (Å²) in [6, 6.07) is 5.22. The lowest BCUT2D eigenvalue weighted by molar-refractivity contribution is 0.0188. The van der Waals surface area contributed by atoms with Gasteiger partial charge in [-0.25, -0.2) is 8.78 Å². The summed E-state index contributed by atoms with van der Waals surface area (Å²) >= 11 is 0. The molecule has 2 aromatic rings. The van der Waals surface area contributed by atoms with Crippen molar-refractivity contribution in [1.82, 2.24) is 10.3 Å². The average molecular weight is 283 g/mol. The van der Waals surface area contributed by atoms with Gasteiger partial charge in [0.05, 0.1) is 12.2 Å². The van der Waals surface area contributed by atoms with Gasteiger partial charge in [0, 0.05) is 29.3 Å². The van der Waals surface area contributed by atoms with Gasteiger partial charge in [-0.05, 0) is 18.2 Å². The molecule has 2 rings (SSSR count). The van der Waals surface area contributed by atoms with Gasteiger partial charge in [0.1, 0.15) is 6.61 Å². The van der Waals surface area contributed by atoms with E-state index in [1.165, 1.54) is 0 Å². The highest BCUT2D eigenvalue weighted by molar-refractivity contribution is 6.07. The number of rotatable bonds is 6. The third-order valence-electron chi connectivity index (χ3n) is 2.73. The second-order valence-electron chi connectivity index (χ2n) is 4.23. The van der Waals surface area contributed by atoms with Gasteiger partial charge in [-0.1, -0.05) is 0 Å². The monoisotopic (exact) mass is 283 g/mol. The van der Waals surface area contributed by atoms with Gasteiger partial charge in [-0.2, -0.15) is 0 Å². The predicted molar refractivity (Wildman–Crippen MR) is 71.9 cm³/mol. The number of anilines is 1. The van der Waals surface area contributed by atoms with Crippen molar-refractivity contribution in [3.63, 3.8) is 0 Å². The number of nitrogens with two attached hydrogens (primary N) is 1. The van der Waals surface area contributed by atoms with Gasteiger partial charge in [0.15, 0.2) is 0 Å². The Labute approximate surface area is 114 Å². The lowest BCUT2D eigenvalue weighted by atomic mass is 10.1. The molecule has 0 fully saturated rings. The zero-order valence-electron chi connectivity index (χ0n) is 10.7. The normalized spacial score (nSPS) is 11.2. The van der Waals surface area contributed by atoms with Gasteiger partial charge < -0.3 is 20.8 Å². The number of amides is 1. The number of H-pyrrole nitrogens is 1. The van der Waals surface area contributed by atoms with Crippen molar-refractivity contribution in [2.75, 3.05) is 25.5 Å². The van der Waals surface area contributed by atoms with Crippen LogP contribution in [0.1, 0.15) is 10.4 Å². The van der Waals surface area contributed by atoms with Gasteiger partial charge >= 0.3 is 0 Å². The number of nitrogens with one attached hydrogen (secondary N) is 2. The summed E-state index contributed by atoms with van der Waals surface area (Å²) in [7, 11) is 0. The Balaban J connectivity index is 1.93. The van der Waals surface area contributed by atoms with Crippen molar-refractivity contribution < 1.29 is 18.3 Å². The lowest BCUT2D eigenvalue weighted by Crippen LogP contribution is -2.27. The molecule has 0 aliphatic carbocycles. The number of nitrogen functional groups attached to an aromatic ring is 1. The third-order valence-corrected chi connectivity index (χ3v) is 2.73. The molecule has 108 valence electrons. The molecule has 5 nitrogen and oxygen atoms in total. The first-order chi connectivity index (χ1) is 9.58. The van der Waals surface area contributed by atoms with Gasteiger partial charge in [0.25, 0.3) is 12.3 Å². The van der Waals surface area contributed by atoms with Crippen molar-refractivity contribution in [3.05, 3.63) is 30.0 Å². The maximum atomic E-state index is 12.0. The quantitative estimate of drug-likeness (QED) is 0.558. The molecule has 7 heteroatoms. The van der Waals surface area contributed by atoms with Crippen LogP contribution in [0, 0.1) is 0 Å².